The van der Waals surface area contributed by atoms with Gasteiger partial charge in [-0.05, 0) is 86.7 Å². The molecular formula is C25H32F2N4O. The molecule has 0 saturated carbocycles. The first-order chi connectivity index (χ1) is 15.5. The van der Waals surface area contributed by atoms with Crippen molar-refractivity contribution in [3.05, 3.63) is 65.7 Å². The van der Waals surface area contributed by atoms with Gasteiger partial charge in [-0.3, -0.25) is 0 Å². The van der Waals surface area contributed by atoms with Gasteiger partial charge in [-0.15, -0.1) is 0 Å². The Kier molecular flexibility index (Phi) is 7.71. The van der Waals surface area contributed by atoms with Crippen LogP contribution in [0.15, 0.2) is 48.5 Å². The van der Waals surface area contributed by atoms with E-state index in [0.717, 1.165) is 52.0 Å². The van der Waals surface area contributed by atoms with Crippen molar-refractivity contribution in [2.45, 2.75) is 31.7 Å². The van der Waals surface area contributed by atoms with Gasteiger partial charge in [-0.2, -0.15) is 0 Å². The van der Waals surface area contributed by atoms with Crippen LogP contribution in [0.5, 0.6) is 0 Å². The molecule has 0 unspecified atom stereocenters. The van der Waals surface area contributed by atoms with Gasteiger partial charge < -0.3 is 20.9 Å². The van der Waals surface area contributed by atoms with Gasteiger partial charge in [-0.1, -0.05) is 12.1 Å². The van der Waals surface area contributed by atoms with Gasteiger partial charge in [0, 0.05) is 37.3 Å². The number of urea groups is 1. The molecule has 0 aromatic heterocycles. The first kappa shape index (κ1) is 22.7. The number of halogens is 2. The number of benzene rings is 2. The molecule has 32 heavy (non-hydrogen) atoms. The number of piperidine rings is 2. The third-order valence-electron chi connectivity index (χ3n) is 6.56. The maximum atomic E-state index is 13.2. The normalized spacial score (nSPS) is 24.1. The predicted molar refractivity (Wildman–Crippen MR) is 123 cm³/mol. The first-order valence-electron chi connectivity index (χ1n) is 11.6. The van der Waals surface area contributed by atoms with E-state index in [1.165, 1.54) is 36.2 Å². The molecule has 2 saturated heterocycles. The van der Waals surface area contributed by atoms with Crippen LogP contribution >= 0.6 is 0 Å². The molecule has 2 fully saturated rings. The lowest BCUT2D eigenvalue weighted by Gasteiger charge is -2.39. The molecule has 2 aliphatic rings. The number of nitrogens with one attached hydrogen (secondary N) is 3. The van der Waals surface area contributed by atoms with Crippen LogP contribution < -0.4 is 16.0 Å². The van der Waals surface area contributed by atoms with Crippen LogP contribution in [0.1, 0.15) is 24.8 Å². The zero-order valence-electron chi connectivity index (χ0n) is 18.3. The summed E-state index contributed by atoms with van der Waals surface area (Å²) in [7, 11) is 0. The lowest BCUT2D eigenvalue weighted by molar-refractivity contribution is 0.128. The average molecular weight is 443 g/mol. The fourth-order valence-corrected chi connectivity index (χ4v) is 4.94. The van der Waals surface area contributed by atoms with E-state index in [1.54, 1.807) is 12.1 Å². The SMILES string of the molecule is O=C(Nc1ccc(F)cc1)N[C@@H]1CCNC[C@H]1CN1CCC[C@@H](Cc2ccc(F)cc2)C1. The zero-order valence-corrected chi connectivity index (χ0v) is 18.3. The Morgan fingerprint density at radius 3 is 2.50 bits per heavy atom. The van der Waals surface area contributed by atoms with Crippen molar-refractivity contribution >= 4 is 11.7 Å². The second-order valence-electron chi connectivity index (χ2n) is 9.06. The Bertz CT molecular complexity index is 875. The van der Waals surface area contributed by atoms with E-state index in [-0.39, 0.29) is 23.7 Å². The van der Waals surface area contributed by atoms with Crippen LogP contribution in [0.25, 0.3) is 0 Å². The minimum absolute atomic E-state index is 0.0918. The summed E-state index contributed by atoms with van der Waals surface area (Å²) in [4.78, 5) is 15.0. The van der Waals surface area contributed by atoms with Crippen LogP contribution in [-0.4, -0.2) is 49.7 Å². The molecule has 0 radical (unpaired) electrons. The van der Waals surface area contributed by atoms with Crippen molar-refractivity contribution < 1.29 is 13.6 Å². The summed E-state index contributed by atoms with van der Waals surface area (Å²) in [5, 5.41) is 9.40. The summed E-state index contributed by atoms with van der Waals surface area (Å²) in [5.74, 6) is 0.380. The van der Waals surface area contributed by atoms with Crippen molar-refractivity contribution in [3.8, 4) is 0 Å². The molecular weight excluding hydrogens is 410 g/mol. The minimum Gasteiger partial charge on any atom is -0.335 e. The fraction of sp³-hybridized carbons (Fsp3) is 0.480. The number of carbonyl (C=O) groups is 1. The molecule has 172 valence electrons. The molecule has 3 N–H and O–H groups in total. The molecule has 2 amide bonds. The summed E-state index contributed by atoms with van der Waals surface area (Å²) in [6, 6.07) is 12.5. The van der Waals surface area contributed by atoms with Crippen LogP contribution in [-0.2, 0) is 6.42 Å². The molecule has 4 rings (SSSR count). The third kappa shape index (κ3) is 6.50. The summed E-state index contributed by atoms with van der Waals surface area (Å²) in [6.07, 6.45) is 4.21. The monoisotopic (exact) mass is 442 g/mol. The third-order valence-corrected chi connectivity index (χ3v) is 6.56. The van der Waals surface area contributed by atoms with Crippen LogP contribution in [0.2, 0.25) is 0 Å². The summed E-state index contributed by atoms with van der Waals surface area (Å²) in [5.41, 5.74) is 1.77. The van der Waals surface area contributed by atoms with Gasteiger partial charge in [0.1, 0.15) is 11.6 Å². The Hall–Kier alpha value is -2.51. The van der Waals surface area contributed by atoms with E-state index in [2.05, 4.69) is 20.9 Å². The summed E-state index contributed by atoms with van der Waals surface area (Å²) in [6.45, 7) is 4.80. The highest BCUT2D eigenvalue weighted by Crippen LogP contribution is 2.23. The minimum atomic E-state index is -0.325. The van der Waals surface area contributed by atoms with Crippen LogP contribution in [0, 0.1) is 23.5 Å². The van der Waals surface area contributed by atoms with Crippen LogP contribution in [0.3, 0.4) is 0 Å². The summed E-state index contributed by atoms with van der Waals surface area (Å²) < 4.78 is 26.3. The Balaban J connectivity index is 1.29. The van der Waals surface area contributed by atoms with E-state index >= 15 is 0 Å². The quantitative estimate of drug-likeness (QED) is 0.634. The van der Waals surface area contributed by atoms with Crippen molar-refractivity contribution in [3.63, 3.8) is 0 Å². The number of amides is 2. The molecule has 0 spiro atoms. The number of likely N-dealkylation sites (tertiary alicyclic amines) is 1. The molecule has 0 aliphatic carbocycles. The van der Waals surface area contributed by atoms with Crippen molar-refractivity contribution in [1.82, 2.24) is 15.5 Å². The highest BCUT2D eigenvalue weighted by atomic mass is 19.1. The van der Waals surface area contributed by atoms with E-state index in [0.29, 0.717) is 17.5 Å². The number of hydrogen-bond donors (Lipinski definition) is 3. The van der Waals surface area contributed by atoms with Crippen molar-refractivity contribution in [1.29, 1.82) is 0 Å². The molecule has 2 aromatic carbocycles. The lowest BCUT2D eigenvalue weighted by Crippen LogP contribution is -2.54. The molecule has 5 nitrogen and oxygen atoms in total. The summed E-state index contributed by atoms with van der Waals surface area (Å²) >= 11 is 0. The van der Waals surface area contributed by atoms with E-state index in [4.69, 9.17) is 0 Å². The number of carbonyl (C=O) groups excluding carboxylic acids is 1. The van der Waals surface area contributed by atoms with Gasteiger partial charge in [0.15, 0.2) is 0 Å². The lowest BCUT2D eigenvalue weighted by atomic mass is 9.88. The maximum absolute atomic E-state index is 13.2. The fourth-order valence-electron chi connectivity index (χ4n) is 4.94. The highest BCUT2D eigenvalue weighted by molar-refractivity contribution is 5.89. The van der Waals surface area contributed by atoms with E-state index in [1.807, 2.05) is 12.1 Å². The molecule has 2 heterocycles. The average Bonchev–Trinajstić information content (AvgIpc) is 2.79. The smallest absolute Gasteiger partial charge is 0.319 e. The Labute approximate surface area is 188 Å². The molecule has 3 atom stereocenters. The standard InChI is InChI=1S/C25H32F2N4O/c26-21-5-3-18(4-6-21)14-19-2-1-13-31(16-19)17-20-15-28-12-11-24(20)30-25(32)29-23-9-7-22(27)8-10-23/h3-10,19-20,24,28H,1-2,11-17H2,(H2,29,30,32)/t19-,20-,24+/m0/s1. The van der Waals surface area contributed by atoms with Crippen molar-refractivity contribution in [2.75, 3.05) is 38.0 Å². The van der Waals surface area contributed by atoms with E-state index in [9.17, 15) is 13.6 Å². The molecule has 0 bridgehead atoms. The number of nitrogens with zero attached hydrogens (tertiary/aromatic N) is 1. The second-order valence-corrected chi connectivity index (χ2v) is 9.06. The predicted octanol–water partition coefficient (Wildman–Crippen LogP) is 4.02. The second kappa shape index (κ2) is 10.9. The van der Waals surface area contributed by atoms with Crippen LogP contribution in [0.4, 0.5) is 19.3 Å². The molecule has 2 aliphatic heterocycles. The van der Waals surface area contributed by atoms with Gasteiger partial charge in [0.2, 0.25) is 0 Å². The Morgan fingerprint density at radius 1 is 1.03 bits per heavy atom. The largest absolute Gasteiger partial charge is 0.335 e. The zero-order chi connectivity index (χ0) is 22.3. The van der Waals surface area contributed by atoms with Crippen molar-refractivity contribution in [2.24, 2.45) is 11.8 Å². The molecule has 7 heteroatoms. The van der Waals surface area contributed by atoms with Gasteiger partial charge in [0.05, 0.1) is 0 Å². The van der Waals surface area contributed by atoms with Gasteiger partial charge >= 0.3 is 6.03 Å². The number of anilines is 1. The molecule has 2 aromatic rings. The topological polar surface area (TPSA) is 56.4 Å². The maximum Gasteiger partial charge on any atom is 0.319 e. The number of hydrogen-bond acceptors (Lipinski definition) is 3. The Morgan fingerprint density at radius 2 is 1.75 bits per heavy atom. The van der Waals surface area contributed by atoms with E-state index < -0.39 is 0 Å². The van der Waals surface area contributed by atoms with Gasteiger partial charge in [0.25, 0.3) is 0 Å². The first-order valence-corrected chi connectivity index (χ1v) is 11.6. The van der Waals surface area contributed by atoms with Gasteiger partial charge in [-0.25, -0.2) is 13.6 Å². The highest BCUT2D eigenvalue weighted by Gasteiger charge is 2.30. The number of rotatable bonds is 6.